The van der Waals surface area contributed by atoms with Gasteiger partial charge in [0.05, 0.1) is 19.8 Å². The molecule has 1 aromatic heterocycles. The summed E-state index contributed by atoms with van der Waals surface area (Å²) in [5, 5.41) is 12.3. The Balaban J connectivity index is 1.33. The van der Waals surface area contributed by atoms with E-state index in [4.69, 9.17) is 4.74 Å². The van der Waals surface area contributed by atoms with Crippen molar-refractivity contribution in [1.82, 2.24) is 29.9 Å². The second-order valence-corrected chi connectivity index (χ2v) is 7.43. The minimum atomic E-state index is 0.613. The van der Waals surface area contributed by atoms with Crippen LogP contribution in [0.25, 0.3) is 0 Å². The highest BCUT2D eigenvalue weighted by Gasteiger charge is 2.30. The van der Waals surface area contributed by atoms with Gasteiger partial charge in [0.1, 0.15) is 5.82 Å². The average molecular weight is 361 g/mol. The molecule has 8 heteroatoms. The largest absolute Gasteiger partial charge is 0.379 e. The highest BCUT2D eigenvalue weighted by atomic mass is 16.5. The van der Waals surface area contributed by atoms with E-state index in [1.807, 2.05) is 7.05 Å². The van der Waals surface area contributed by atoms with E-state index in [1.165, 1.54) is 25.7 Å². The van der Waals surface area contributed by atoms with Gasteiger partial charge < -0.3 is 19.5 Å². The van der Waals surface area contributed by atoms with E-state index < -0.39 is 0 Å². The van der Waals surface area contributed by atoms with Gasteiger partial charge in [-0.1, -0.05) is 6.42 Å². The van der Waals surface area contributed by atoms with Gasteiger partial charge >= 0.3 is 0 Å². The van der Waals surface area contributed by atoms with Crippen molar-refractivity contribution in [2.75, 3.05) is 46.4 Å². The molecule has 0 amide bonds. The van der Waals surface area contributed by atoms with Crippen LogP contribution in [-0.4, -0.2) is 83.0 Å². The lowest BCUT2D eigenvalue weighted by Gasteiger charge is -2.32. The molecule has 3 aliphatic heterocycles. The van der Waals surface area contributed by atoms with Crippen molar-refractivity contribution in [3.8, 4) is 0 Å². The Morgan fingerprint density at radius 1 is 1.15 bits per heavy atom. The first kappa shape index (κ1) is 17.7. The summed E-state index contributed by atoms with van der Waals surface area (Å²) in [5.41, 5.74) is 0. The summed E-state index contributed by atoms with van der Waals surface area (Å²) in [5.74, 6) is 3.15. The molecule has 4 rings (SSSR count). The van der Waals surface area contributed by atoms with E-state index >= 15 is 0 Å². The van der Waals surface area contributed by atoms with Crippen LogP contribution in [-0.2, 0) is 24.2 Å². The number of morpholine rings is 1. The molecule has 1 aromatic rings. The Hall–Kier alpha value is -1.67. The fourth-order valence-electron chi connectivity index (χ4n) is 4.34. The minimum Gasteiger partial charge on any atom is -0.379 e. The molecular weight excluding hydrogens is 330 g/mol. The third-order valence-corrected chi connectivity index (χ3v) is 5.83. The van der Waals surface area contributed by atoms with Crippen LogP contribution < -0.4 is 5.32 Å². The lowest BCUT2D eigenvalue weighted by atomic mass is 10.2. The number of hydrogen-bond donors (Lipinski definition) is 1. The van der Waals surface area contributed by atoms with Crippen LogP contribution in [0.5, 0.6) is 0 Å². The summed E-state index contributed by atoms with van der Waals surface area (Å²) in [6.45, 7) is 7.66. The van der Waals surface area contributed by atoms with Crippen molar-refractivity contribution in [3.63, 3.8) is 0 Å². The number of ether oxygens (including phenoxy) is 1. The van der Waals surface area contributed by atoms with Gasteiger partial charge in [-0.3, -0.25) is 9.89 Å². The topological polar surface area (TPSA) is 70.8 Å². The number of fused-ring (bicyclic) bond motifs is 1. The van der Waals surface area contributed by atoms with Crippen LogP contribution in [0.2, 0.25) is 0 Å². The first-order chi connectivity index (χ1) is 12.8. The number of aliphatic imine (C=N–C) groups is 1. The molecule has 3 aliphatic rings. The van der Waals surface area contributed by atoms with Gasteiger partial charge in [-0.25, -0.2) is 0 Å². The molecule has 2 saturated heterocycles. The Morgan fingerprint density at radius 3 is 2.88 bits per heavy atom. The van der Waals surface area contributed by atoms with Crippen molar-refractivity contribution in [1.29, 1.82) is 0 Å². The standard InChI is InChI=1S/C18H31N7O/c1-19-18(24-8-6-15(14-24)23-9-11-26-12-10-23)20-13-17-22-21-16-5-3-2-4-7-25(16)17/h15H,2-14H2,1H3,(H,19,20). The van der Waals surface area contributed by atoms with Gasteiger partial charge in [-0.2, -0.15) is 0 Å². The molecule has 26 heavy (non-hydrogen) atoms. The Kier molecular flexibility index (Phi) is 5.69. The molecule has 8 nitrogen and oxygen atoms in total. The van der Waals surface area contributed by atoms with E-state index in [0.29, 0.717) is 12.6 Å². The number of aromatic nitrogens is 3. The maximum atomic E-state index is 5.48. The first-order valence-electron chi connectivity index (χ1n) is 10.0. The van der Waals surface area contributed by atoms with Crippen molar-refractivity contribution >= 4 is 5.96 Å². The van der Waals surface area contributed by atoms with Crippen molar-refractivity contribution in [2.45, 2.75) is 51.2 Å². The molecular formula is C18H31N7O. The Morgan fingerprint density at radius 2 is 2.04 bits per heavy atom. The molecule has 144 valence electrons. The molecule has 4 heterocycles. The summed E-state index contributed by atoms with van der Waals surface area (Å²) in [7, 11) is 1.87. The van der Waals surface area contributed by atoms with E-state index in [9.17, 15) is 0 Å². The average Bonchev–Trinajstić information content (AvgIpc) is 3.25. The van der Waals surface area contributed by atoms with Crippen LogP contribution in [0.3, 0.4) is 0 Å². The first-order valence-corrected chi connectivity index (χ1v) is 10.0. The number of rotatable bonds is 3. The second kappa shape index (κ2) is 8.35. The zero-order valence-electron chi connectivity index (χ0n) is 15.9. The summed E-state index contributed by atoms with van der Waals surface area (Å²) >= 11 is 0. The number of aryl methyl sites for hydroxylation is 1. The molecule has 2 fully saturated rings. The van der Waals surface area contributed by atoms with Crippen LogP contribution in [0.4, 0.5) is 0 Å². The lowest BCUT2D eigenvalue weighted by molar-refractivity contribution is 0.0195. The van der Waals surface area contributed by atoms with Crippen LogP contribution in [0, 0.1) is 0 Å². The van der Waals surface area contributed by atoms with Gasteiger partial charge in [0.25, 0.3) is 0 Å². The zero-order chi connectivity index (χ0) is 17.8. The van der Waals surface area contributed by atoms with E-state index in [1.54, 1.807) is 0 Å². The highest BCUT2D eigenvalue weighted by Crippen LogP contribution is 2.18. The minimum absolute atomic E-state index is 0.613. The van der Waals surface area contributed by atoms with Crippen LogP contribution in [0.1, 0.15) is 37.3 Å². The number of nitrogens with one attached hydrogen (secondary N) is 1. The lowest BCUT2D eigenvalue weighted by Crippen LogP contribution is -2.46. The molecule has 0 aromatic carbocycles. The number of nitrogens with zero attached hydrogens (tertiary/aromatic N) is 6. The number of likely N-dealkylation sites (tertiary alicyclic amines) is 1. The summed E-state index contributed by atoms with van der Waals surface area (Å²) in [4.78, 5) is 9.45. The molecule has 0 spiro atoms. The van der Waals surface area contributed by atoms with Crippen LogP contribution in [0.15, 0.2) is 4.99 Å². The molecule has 0 radical (unpaired) electrons. The number of guanidine groups is 1. The van der Waals surface area contributed by atoms with Crippen molar-refractivity contribution in [2.24, 2.45) is 4.99 Å². The van der Waals surface area contributed by atoms with Gasteiger partial charge in [0, 0.05) is 52.2 Å². The number of hydrogen-bond acceptors (Lipinski definition) is 5. The van der Waals surface area contributed by atoms with Crippen molar-refractivity contribution < 1.29 is 4.74 Å². The molecule has 1 unspecified atom stereocenters. The summed E-state index contributed by atoms with van der Waals surface area (Å²) < 4.78 is 7.78. The molecule has 0 aliphatic carbocycles. The zero-order valence-corrected chi connectivity index (χ0v) is 15.9. The smallest absolute Gasteiger partial charge is 0.194 e. The maximum absolute atomic E-state index is 5.48. The Bertz CT molecular complexity index is 623. The fourth-order valence-corrected chi connectivity index (χ4v) is 4.34. The SMILES string of the molecule is CN=C(NCc1nnc2n1CCCCC2)N1CCC(N2CCOCC2)C1. The van der Waals surface area contributed by atoms with E-state index in [2.05, 4.69) is 34.9 Å². The van der Waals surface area contributed by atoms with Gasteiger partial charge in [-0.05, 0) is 19.3 Å². The fraction of sp³-hybridized carbons (Fsp3) is 0.833. The molecule has 1 atom stereocenters. The normalized spacial score (nSPS) is 25.2. The second-order valence-electron chi connectivity index (χ2n) is 7.43. The monoisotopic (exact) mass is 361 g/mol. The molecule has 0 saturated carbocycles. The van der Waals surface area contributed by atoms with Crippen LogP contribution >= 0.6 is 0 Å². The van der Waals surface area contributed by atoms with Gasteiger partial charge in [0.15, 0.2) is 11.8 Å². The third kappa shape index (κ3) is 3.86. The van der Waals surface area contributed by atoms with Gasteiger partial charge in [-0.15, -0.1) is 10.2 Å². The third-order valence-electron chi connectivity index (χ3n) is 5.83. The van der Waals surface area contributed by atoms with E-state index in [-0.39, 0.29) is 0 Å². The highest BCUT2D eigenvalue weighted by molar-refractivity contribution is 5.80. The Labute approximate surface area is 155 Å². The summed E-state index contributed by atoms with van der Waals surface area (Å²) in [6.07, 6.45) is 5.98. The van der Waals surface area contributed by atoms with Gasteiger partial charge in [0.2, 0.25) is 0 Å². The maximum Gasteiger partial charge on any atom is 0.194 e. The summed E-state index contributed by atoms with van der Waals surface area (Å²) in [6, 6.07) is 0.613. The molecule has 0 bridgehead atoms. The van der Waals surface area contributed by atoms with E-state index in [0.717, 1.165) is 70.0 Å². The predicted molar refractivity (Wildman–Crippen MR) is 100 cm³/mol. The quantitative estimate of drug-likeness (QED) is 0.624. The molecule has 1 N–H and O–H groups in total. The predicted octanol–water partition coefficient (Wildman–Crippen LogP) is 0.486. The van der Waals surface area contributed by atoms with Crippen molar-refractivity contribution in [3.05, 3.63) is 11.6 Å².